The monoisotopic (exact) mass is 470 g/mol. The first-order valence-electron chi connectivity index (χ1n) is 7.33. The highest BCUT2D eigenvalue weighted by Crippen LogP contribution is 2.31. The van der Waals surface area contributed by atoms with E-state index < -0.39 is 0 Å². The summed E-state index contributed by atoms with van der Waals surface area (Å²) in [6, 6.07) is 9.19. The van der Waals surface area contributed by atoms with Crippen molar-refractivity contribution in [1.29, 1.82) is 0 Å². The van der Waals surface area contributed by atoms with Gasteiger partial charge in [-0.05, 0) is 30.3 Å². The Hall–Kier alpha value is -1.80. The molecule has 0 aliphatic heterocycles. The topological polar surface area (TPSA) is 51.5 Å². The molecule has 1 aromatic carbocycles. The number of thiazole rings is 1. The van der Waals surface area contributed by atoms with E-state index in [0.717, 1.165) is 27.9 Å². The lowest BCUT2D eigenvalue weighted by Crippen LogP contribution is -1.92. The van der Waals surface area contributed by atoms with Crippen molar-refractivity contribution in [1.82, 2.24) is 14.4 Å². The highest BCUT2D eigenvalue weighted by Gasteiger charge is 2.11. The Labute approximate surface area is 174 Å². The SMILES string of the molecule is Br.COc1ccc(Nc2nc(-c3cnc4ccc(Cl)cn34)cs2)cc1Cl. The summed E-state index contributed by atoms with van der Waals surface area (Å²) in [5.74, 6) is 0.634. The molecule has 0 aliphatic rings. The van der Waals surface area contributed by atoms with Gasteiger partial charge >= 0.3 is 0 Å². The molecule has 4 aromatic rings. The average molecular weight is 472 g/mol. The lowest BCUT2D eigenvalue weighted by atomic mass is 10.3. The van der Waals surface area contributed by atoms with E-state index in [0.29, 0.717) is 15.8 Å². The number of ether oxygens (including phenoxy) is 1. The molecule has 1 N–H and O–H groups in total. The number of pyridine rings is 1. The van der Waals surface area contributed by atoms with Crippen molar-refractivity contribution in [3.8, 4) is 17.1 Å². The Kier molecular flexibility index (Phi) is 5.72. The summed E-state index contributed by atoms with van der Waals surface area (Å²) < 4.78 is 7.08. The summed E-state index contributed by atoms with van der Waals surface area (Å²) in [5, 5.41) is 7.17. The second-order valence-electron chi connectivity index (χ2n) is 5.23. The Morgan fingerprint density at radius 1 is 1.19 bits per heavy atom. The lowest BCUT2D eigenvalue weighted by molar-refractivity contribution is 0.415. The van der Waals surface area contributed by atoms with Crippen LogP contribution < -0.4 is 10.1 Å². The van der Waals surface area contributed by atoms with Crippen molar-refractivity contribution in [2.45, 2.75) is 0 Å². The number of anilines is 2. The summed E-state index contributed by atoms with van der Waals surface area (Å²) >= 11 is 13.7. The van der Waals surface area contributed by atoms with Gasteiger partial charge in [-0.1, -0.05) is 23.2 Å². The Balaban J connectivity index is 0.00000196. The maximum atomic E-state index is 6.16. The van der Waals surface area contributed by atoms with Crippen LogP contribution in [-0.2, 0) is 0 Å². The van der Waals surface area contributed by atoms with Gasteiger partial charge in [-0.3, -0.25) is 4.40 Å². The van der Waals surface area contributed by atoms with Crippen molar-refractivity contribution >= 4 is 68.0 Å². The number of hydrogen-bond acceptors (Lipinski definition) is 5. The van der Waals surface area contributed by atoms with E-state index in [9.17, 15) is 0 Å². The van der Waals surface area contributed by atoms with Crippen LogP contribution in [0.15, 0.2) is 48.1 Å². The van der Waals surface area contributed by atoms with Crippen molar-refractivity contribution in [2.75, 3.05) is 12.4 Å². The molecule has 26 heavy (non-hydrogen) atoms. The van der Waals surface area contributed by atoms with Gasteiger partial charge in [0.25, 0.3) is 0 Å². The smallest absolute Gasteiger partial charge is 0.187 e. The summed E-state index contributed by atoms with van der Waals surface area (Å²) in [7, 11) is 1.59. The zero-order valence-corrected chi connectivity index (χ0v) is 17.5. The fourth-order valence-electron chi connectivity index (χ4n) is 2.46. The maximum absolute atomic E-state index is 6.16. The van der Waals surface area contributed by atoms with Gasteiger partial charge in [-0.25, -0.2) is 9.97 Å². The molecule has 0 saturated carbocycles. The molecule has 3 heterocycles. The number of imidazole rings is 1. The van der Waals surface area contributed by atoms with Crippen molar-refractivity contribution < 1.29 is 4.74 Å². The van der Waals surface area contributed by atoms with E-state index in [-0.39, 0.29) is 17.0 Å². The van der Waals surface area contributed by atoms with Gasteiger partial charge < -0.3 is 10.1 Å². The zero-order valence-electron chi connectivity index (χ0n) is 13.4. The van der Waals surface area contributed by atoms with Crippen LogP contribution in [-0.4, -0.2) is 21.5 Å². The molecule has 0 bridgehead atoms. The number of rotatable bonds is 4. The molecule has 0 atom stereocenters. The summed E-state index contributed by atoms with van der Waals surface area (Å²) in [6.07, 6.45) is 3.61. The van der Waals surface area contributed by atoms with Crippen molar-refractivity contribution in [3.63, 3.8) is 0 Å². The standard InChI is InChI=1S/C17H12Cl2N4OS.BrH/c1-24-15-4-3-11(6-12(15)19)21-17-22-13(9-25-17)14-7-20-16-5-2-10(18)8-23(14)16;/h2-9H,1H3,(H,21,22);1H. The molecule has 0 amide bonds. The van der Waals surface area contributed by atoms with Crippen LogP contribution in [0.3, 0.4) is 0 Å². The molecule has 3 aromatic heterocycles. The molecule has 134 valence electrons. The Morgan fingerprint density at radius 2 is 2.04 bits per heavy atom. The van der Waals surface area contributed by atoms with E-state index >= 15 is 0 Å². The number of aromatic nitrogens is 3. The Bertz CT molecular complexity index is 1070. The minimum Gasteiger partial charge on any atom is -0.495 e. The van der Waals surface area contributed by atoms with E-state index in [2.05, 4.69) is 15.3 Å². The van der Waals surface area contributed by atoms with Crippen LogP contribution in [0.5, 0.6) is 5.75 Å². The number of halogens is 3. The third-order valence-corrected chi connectivity index (χ3v) is 4.92. The number of methoxy groups -OCH3 is 1. The molecule has 0 saturated heterocycles. The number of nitrogens with zero attached hydrogens (tertiary/aromatic N) is 3. The first kappa shape index (κ1) is 19.0. The van der Waals surface area contributed by atoms with Gasteiger partial charge in [0.05, 0.1) is 29.0 Å². The number of benzene rings is 1. The largest absolute Gasteiger partial charge is 0.495 e. The predicted octanol–water partition coefficient (Wildman–Crippen LogP) is 6.09. The molecule has 0 radical (unpaired) electrons. The normalized spacial score (nSPS) is 10.6. The summed E-state index contributed by atoms with van der Waals surface area (Å²) in [4.78, 5) is 9.01. The predicted molar refractivity (Wildman–Crippen MR) is 113 cm³/mol. The van der Waals surface area contributed by atoms with E-state index in [1.807, 2.05) is 40.2 Å². The number of fused-ring (bicyclic) bond motifs is 1. The molecule has 0 fully saturated rings. The first-order chi connectivity index (χ1) is 12.1. The summed E-state index contributed by atoms with van der Waals surface area (Å²) in [5.41, 5.74) is 3.37. The van der Waals surface area contributed by atoms with Crippen LogP contribution in [0.25, 0.3) is 17.0 Å². The fraction of sp³-hybridized carbons (Fsp3) is 0.0588. The molecule has 0 spiro atoms. The highest BCUT2D eigenvalue weighted by atomic mass is 79.9. The van der Waals surface area contributed by atoms with Gasteiger partial charge in [0, 0.05) is 17.3 Å². The van der Waals surface area contributed by atoms with E-state index in [1.165, 1.54) is 11.3 Å². The average Bonchev–Trinajstić information content (AvgIpc) is 3.21. The minimum atomic E-state index is 0. The fourth-order valence-corrected chi connectivity index (χ4v) is 3.60. The number of nitrogens with one attached hydrogen (secondary N) is 1. The van der Waals surface area contributed by atoms with E-state index in [4.69, 9.17) is 27.9 Å². The third-order valence-electron chi connectivity index (χ3n) is 3.64. The maximum Gasteiger partial charge on any atom is 0.187 e. The van der Waals surface area contributed by atoms with Crippen molar-refractivity contribution in [2.24, 2.45) is 0 Å². The third kappa shape index (κ3) is 3.66. The van der Waals surface area contributed by atoms with E-state index in [1.54, 1.807) is 19.4 Å². The lowest BCUT2D eigenvalue weighted by Gasteiger charge is -2.06. The van der Waals surface area contributed by atoms with Crippen LogP contribution in [0.4, 0.5) is 10.8 Å². The molecule has 0 unspecified atom stereocenters. The highest BCUT2D eigenvalue weighted by molar-refractivity contribution is 8.93. The van der Waals surface area contributed by atoms with Gasteiger partial charge in [0.1, 0.15) is 17.1 Å². The van der Waals surface area contributed by atoms with Crippen LogP contribution in [0, 0.1) is 0 Å². The minimum absolute atomic E-state index is 0. The second-order valence-corrected chi connectivity index (χ2v) is 6.93. The van der Waals surface area contributed by atoms with Crippen LogP contribution in [0.1, 0.15) is 0 Å². The second kappa shape index (κ2) is 7.84. The Morgan fingerprint density at radius 3 is 2.81 bits per heavy atom. The van der Waals surface area contributed by atoms with Gasteiger partial charge in [0.15, 0.2) is 5.13 Å². The molecular formula is C17H13BrCl2N4OS. The summed E-state index contributed by atoms with van der Waals surface area (Å²) in [6.45, 7) is 0. The van der Waals surface area contributed by atoms with Gasteiger partial charge in [-0.2, -0.15) is 0 Å². The number of hydrogen-bond donors (Lipinski definition) is 1. The zero-order chi connectivity index (χ0) is 17.4. The first-order valence-corrected chi connectivity index (χ1v) is 8.96. The van der Waals surface area contributed by atoms with Gasteiger partial charge in [0.2, 0.25) is 0 Å². The van der Waals surface area contributed by atoms with Crippen molar-refractivity contribution in [3.05, 3.63) is 58.2 Å². The molecule has 9 heteroatoms. The molecule has 5 nitrogen and oxygen atoms in total. The van der Waals surface area contributed by atoms with Crippen LogP contribution in [0.2, 0.25) is 10.0 Å². The van der Waals surface area contributed by atoms with Crippen LogP contribution >= 0.6 is 51.5 Å². The molecule has 4 rings (SSSR count). The molecule has 0 aliphatic carbocycles. The quantitative estimate of drug-likeness (QED) is 0.391. The van der Waals surface area contributed by atoms with Gasteiger partial charge in [-0.15, -0.1) is 28.3 Å². The molecular weight excluding hydrogens is 459 g/mol.